The third-order valence-corrected chi connectivity index (χ3v) is 5.35. The SMILES string of the molecule is CCCNc1ccncc1C(=O)NCC1CCS(=O)(=O)C1. The second-order valence-electron chi connectivity index (χ2n) is 5.33. The summed E-state index contributed by atoms with van der Waals surface area (Å²) in [6.45, 7) is 3.22. The van der Waals surface area contributed by atoms with Crippen molar-refractivity contribution in [3.8, 4) is 0 Å². The second-order valence-corrected chi connectivity index (χ2v) is 7.56. The van der Waals surface area contributed by atoms with E-state index in [1.165, 1.54) is 6.20 Å². The minimum absolute atomic E-state index is 0.0164. The summed E-state index contributed by atoms with van der Waals surface area (Å²) >= 11 is 0. The van der Waals surface area contributed by atoms with Crippen LogP contribution in [-0.2, 0) is 9.84 Å². The molecule has 1 aromatic heterocycles. The highest BCUT2D eigenvalue weighted by Crippen LogP contribution is 2.18. The first kappa shape index (κ1) is 15.8. The van der Waals surface area contributed by atoms with Crippen molar-refractivity contribution >= 4 is 21.4 Å². The van der Waals surface area contributed by atoms with Gasteiger partial charge in [-0.15, -0.1) is 0 Å². The number of nitrogens with zero attached hydrogens (tertiary/aromatic N) is 1. The molecule has 1 unspecified atom stereocenters. The van der Waals surface area contributed by atoms with E-state index in [4.69, 9.17) is 0 Å². The van der Waals surface area contributed by atoms with Crippen LogP contribution in [0.15, 0.2) is 18.5 Å². The molecule has 0 saturated carbocycles. The van der Waals surface area contributed by atoms with Crippen LogP contribution in [-0.4, -0.2) is 43.9 Å². The molecule has 1 aliphatic heterocycles. The van der Waals surface area contributed by atoms with E-state index < -0.39 is 9.84 Å². The highest BCUT2D eigenvalue weighted by atomic mass is 32.2. The summed E-state index contributed by atoms with van der Waals surface area (Å²) in [6.07, 6.45) is 4.75. The number of anilines is 1. The van der Waals surface area contributed by atoms with Crippen molar-refractivity contribution in [3.05, 3.63) is 24.0 Å². The number of carbonyl (C=O) groups excluding carboxylic acids is 1. The molecule has 0 aliphatic carbocycles. The van der Waals surface area contributed by atoms with Gasteiger partial charge in [-0.2, -0.15) is 0 Å². The number of pyridine rings is 1. The number of hydrogen-bond donors (Lipinski definition) is 2. The van der Waals surface area contributed by atoms with E-state index in [2.05, 4.69) is 22.5 Å². The van der Waals surface area contributed by atoms with Gasteiger partial charge in [-0.05, 0) is 24.8 Å². The summed E-state index contributed by atoms with van der Waals surface area (Å²) in [5, 5.41) is 6.00. The Morgan fingerprint density at radius 2 is 2.29 bits per heavy atom. The average Bonchev–Trinajstić information content (AvgIpc) is 2.82. The molecular formula is C14H21N3O3S. The maximum atomic E-state index is 12.2. The third kappa shape index (κ3) is 4.42. The van der Waals surface area contributed by atoms with Crippen molar-refractivity contribution in [2.45, 2.75) is 19.8 Å². The largest absolute Gasteiger partial charge is 0.384 e. The molecule has 2 heterocycles. The van der Waals surface area contributed by atoms with Gasteiger partial charge < -0.3 is 10.6 Å². The maximum absolute atomic E-state index is 12.2. The van der Waals surface area contributed by atoms with E-state index in [0.29, 0.717) is 18.5 Å². The Morgan fingerprint density at radius 1 is 1.48 bits per heavy atom. The lowest BCUT2D eigenvalue weighted by Gasteiger charge is -2.13. The van der Waals surface area contributed by atoms with Gasteiger partial charge in [-0.3, -0.25) is 9.78 Å². The molecule has 0 bridgehead atoms. The maximum Gasteiger partial charge on any atom is 0.254 e. The number of amides is 1. The van der Waals surface area contributed by atoms with Gasteiger partial charge in [0.25, 0.3) is 5.91 Å². The zero-order valence-corrected chi connectivity index (χ0v) is 12.9. The molecule has 1 aromatic rings. The quantitative estimate of drug-likeness (QED) is 0.820. The fourth-order valence-electron chi connectivity index (χ4n) is 2.35. The van der Waals surface area contributed by atoms with Crippen molar-refractivity contribution in [1.82, 2.24) is 10.3 Å². The number of aromatic nitrogens is 1. The molecule has 2 N–H and O–H groups in total. The molecule has 21 heavy (non-hydrogen) atoms. The van der Waals surface area contributed by atoms with Crippen LogP contribution in [0.25, 0.3) is 0 Å². The molecule has 1 atom stereocenters. The van der Waals surface area contributed by atoms with Gasteiger partial charge in [-0.25, -0.2) is 8.42 Å². The topological polar surface area (TPSA) is 88.2 Å². The van der Waals surface area contributed by atoms with Gasteiger partial charge in [0.15, 0.2) is 9.84 Å². The van der Waals surface area contributed by atoms with E-state index in [1.807, 2.05) is 0 Å². The smallest absolute Gasteiger partial charge is 0.254 e. The summed E-state index contributed by atoms with van der Waals surface area (Å²) < 4.78 is 22.8. The van der Waals surface area contributed by atoms with Crippen LogP contribution in [0.3, 0.4) is 0 Å². The van der Waals surface area contributed by atoms with Crippen LogP contribution in [0.5, 0.6) is 0 Å². The van der Waals surface area contributed by atoms with Gasteiger partial charge in [0.2, 0.25) is 0 Å². The molecule has 6 nitrogen and oxygen atoms in total. The number of nitrogens with one attached hydrogen (secondary N) is 2. The van der Waals surface area contributed by atoms with Crippen LogP contribution in [0, 0.1) is 5.92 Å². The zero-order chi connectivity index (χ0) is 15.3. The molecule has 0 aromatic carbocycles. The van der Waals surface area contributed by atoms with Gasteiger partial charge >= 0.3 is 0 Å². The highest BCUT2D eigenvalue weighted by Gasteiger charge is 2.28. The minimum Gasteiger partial charge on any atom is -0.384 e. The average molecular weight is 311 g/mol. The summed E-state index contributed by atoms with van der Waals surface area (Å²) in [7, 11) is -2.90. The van der Waals surface area contributed by atoms with Gasteiger partial charge in [0.05, 0.1) is 22.8 Å². The van der Waals surface area contributed by atoms with E-state index in [1.54, 1.807) is 12.3 Å². The van der Waals surface area contributed by atoms with Crippen LogP contribution in [0.1, 0.15) is 30.1 Å². The first-order valence-corrected chi connectivity index (χ1v) is 9.00. The Balaban J connectivity index is 1.94. The van der Waals surface area contributed by atoms with Crippen molar-refractivity contribution in [3.63, 3.8) is 0 Å². The Morgan fingerprint density at radius 3 is 2.95 bits per heavy atom. The molecular weight excluding hydrogens is 290 g/mol. The summed E-state index contributed by atoms with van der Waals surface area (Å²) in [4.78, 5) is 16.2. The summed E-state index contributed by atoms with van der Waals surface area (Å²) in [5.74, 6) is 0.194. The fraction of sp³-hybridized carbons (Fsp3) is 0.571. The summed E-state index contributed by atoms with van der Waals surface area (Å²) in [6, 6.07) is 1.77. The number of hydrogen-bond acceptors (Lipinski definition) is 5. The van der Waals surface area contributed by atoms with E-state index in [9.17, 15) is 13.2 Å². The van der Waals surface area contributed by atoms with E-state index in [-0.39, 0.29) is 23.3 Å². The van der Waals surface area contributed by atoms with Crippen LogP contribution in [0.2, 0.25) is 0 Å². The molecule has 1 saturated heterocycles. The molecule has 0 spiro atoms. The standard InChI is InChI=1S/C14H21N3O3S/c1-2-5-16-13-3-6-15-9-12(13)14(18)17-8-11-4-7-21(19,20)10-11/h3,6,9,11H,2,4-5,7-8,10H2,1H3,(H,15,16)(H,17,18). The molecule has 1 aliphatic rings. The minimum atomic E-state index is -2.90. The first-order valence-electron chi connectivity index (χ1n) is 7.18. The summed E-state index contributed by atoms with van der Waals surface area (Å²) in [5.41, 5.74) is 1.25. The van der Waals surface area contributed by atoms with Crippen LogP contribution < -0.4 is 10.6 Å². The predicted molar refractivity (Wildman–Crippen MR) is 82.1 cm³/mol. The first-order chi connectivity index (χ1) is 10.0. The van der Waals surface area contributed by atoms with Crippen molar-refractivity contribution in [2.75, 3.05) is 29.9 Å². The van der Waals surface area contributed by atoms with Crippen LogP contribution in [0.4, 0.5) is 5.69 Å². The molecule has 2 rings (SSSR count). The van der Waals surface area contributed by atoms with Gasteiger partial charge in [-0.1, -0.05) is 6.92 Å². The molecule has 1 fully saturated rings. The second kappa shape index (κ2) is 6.89. The monoisotopic (exact) mass is 311 g/mol. The molecule has 0 radical (unpaired) electrons. The molecule has 116 valence electrons. The predicted octanol–water partition coefficient (Wildman–Crippen LogP) is 1.07. The van der Waals surface area contributed by atoms with Gasteiger partial charge in [0, 0.05) is 25.5 Å². The van der Waals surface area contributed by atoms with E-state index >= 15 is 0 Å². The number of sulfone groups is 1. The van der Waals surface area contributed by atoms with Gasteiger partial charge in [0.1, 0.15) is 0 Å². The normalized spacial score (nSPS) is 20.1. The lowest BCUT2D eigenvalue weighted by atomic mass is 10.1. The lowest BCUT2D eigenvalue weighted by Crippen LogP contribution is -2.30. The number of rotatable bonds is 6. The number of carbonyl (C=O) groups is 1. The Hall–Kier alpha value is -1.63. The van der Waals surface area contributed by atoms with Crippen molar-refractivity contribution < 1.29 is 13.2 Å². The van der Waals surface area contributed by atoms with Crippen molar-refractivity contribution in [1.29, 1.82) is 0 Å². The fourth-order valence-corrected chi connectivity index (χ4v) is 4.22. The zero-order valence-electron chi connectivity index (χ0n) is 12.1. The lowest BCUT2D eigenvalue weighted by molar-refractivity contribution is 0.0949. The van der Waals surface area contributed by atoms with E-state index in [0.717, 1.165) is 18.7 Å². The third-order valence-electron chi connectivity index (χ3n) is 3.51. The molecule has 7 heteroatoms. The highest BCUT2D eigenvalue weighted by molar-refractivity contribution is 7.91. The Kier molecular flexibility index (Phi) is 5.17. The molecule has 1 amide bonds. The van der Waals surface area contributed by atoms with Crippen LogP contribution >= 0.6 is 0 Å². The Bertz CT molecular complexity index is 601. The van der Waals surface area contributed by atoms with Crippen molar-refractivity contribution in [2.24, 2.45) is 5.92 Å². The Labute approximate surface area is 125 Å².